The smallest absolute Gasteiger partial charge is 0.319 e. The van der Waals surface area contributed by atoms with Gasteiger partial charge in [0.05, 0.1) is 6.54 Å². The van der Waals surface area contributed by atoms with Gasteiger partial charge in [-0.2, -0.15) is 11.3 Å². The Bertz CT molecular complexity index is 812. The van der Waals surface area contributed by atoms with Crippen LogP contribution >= 0.6 is 22.7 Å². The van der Waals surface area contributed by atoms with E-state index < -0.39 is 6.10 Å². The van der Waals surface area contributed by atoms with Crippen LogP contribution in [0.1, 0.15) is 27.0 Å². The predicted molar refractivity (Wildman–Crippen MR) is 99.7 cm³/mol. The van der Waals surface area contributed by atoms with Crippen molar-refractivity contribution < 1.29 is 9.90 Å². The second-order valence-corrected chi connectivity index (χ2v) is 7.37. The molecular weight excluding hydrogens is 340 g/mol. The Morgan fingerprint density at radius 2 is 2.04 bits per heavy atom. The molecule has 0 radical (unpaired) electrons. The highest BCUT2D eigenvalue weighted by atomic mass is 32.1. The van der Waals surface area contributed by atoms with E-state index >= 15 is 0 Å². The monoisotopic (exact) mass is 358 g/mol. The van der Waals surface area contributed by atoms with Gasteiger partial charge in [0.1, 0.15) is 6.10 Å². The van der Waals surface area contributed by atoms with Crippen LogP contribution in [-0.4, -0.2) is 11.1 Å². The number of aryl methyl sites for hydroxylation is 1. The molecule has 3 rings (SSSR count). The van der Waals surface area contributed by atoms with Gasteiger partial charge < -0.3 is 15.7 Å². The first kappa shape index (κ1) is 16.7. The van der Waals surface area contributed by atoms with Gasteiger partial charge in [0.15, 0.2) is 0 Å². The summed E-state index contributed by atoms with van der Waals surface area (Å²) < 4.78 is 0. The van der Waals surface area contributed by atoms with Gasteiger partial charge in [-0.15, -0.1) is 11.3 Å². The molecule has 1 atom stereocenters. The second-order valence-electron chi connectivity index (χ2n) is 5.39. The van der Waals surface area contributed by atoms with Crippen LogP contribution in [0, 0.1) is 6.92 Å². The molecule has 3 aromatic rings. The molecule has 1 aromatic carbocycles. The Labute approximate surface area is 148 Å². The lowest BCUT2D eigenvalue weighted by atomic mass is 10.2. The van der Waals surface area contributed by atoms with Crippen molar-refractivity contribution in [2.24, 2.45) is 0 Å². The number of anilines is 1. The van der Waals surface area contributed by atoms with Crippen LogP contribution in [0.25, 0.3) is 0 Å². The first-order valence-corrected chi connectivity index (χ1v) is 9.28. The number of carbonyl (C=O) groups excluding carboxylic acids is 1. The van der Waals surface area contributed by atoms with E-state index in [1.54, 1.807) is 11.3 Å². The van der Waals surface area contributed by atoms with Gasteiger partial charge in [0.25, 0.3) is 0 Å². The summed E-state index contributed by atoms with van der Waals surface area (Å²) in [6, 6.07) is 13.2. The molecule has 0 fully saturated rings. The lowest BCUT2D eigenvalue weighted by Crippen LogP contribution is -2.28. The summed E-state index contributed by atoms with van der Waals surface area (Å²) in [6.45, 7) is 2.38. The van der Waals surface area contributed by atoms with Crippen LogP contribution in [0.5, 0.6) is 0 Å². The number of hydrogen-bond donors (Lipinski definition) is 3. The van der Waals surface area contributed by atoms with Crippen molar-refractivity contribution in [1.29, 1.82) is 0 Å². The predicted octanol–water partition coefficient (Wildman–Crippen LogP) is 4.52. The van der Waals surface area contributed by atoms with Crippen molar-refractivity contribution in [3.05, 3.63) is 74.1 Å². The quantitative estimate of drug-likeness (QED) is 0.628. The summed E-state index contributed by atoms with van der Waals surface area (Å²) in [5.74, 6) is 0. The Morgan fingerprint density at radius 3 is 2.79 bits per heavy atom. The van der Waals surface area contributed by atoms with Gasteiger partial charge in [-0.25, -0.2) is 4.79 Å². The molecule has 0 spiro atoms. The molecule has 0 aliphatic rings. The first-order valence-electron chi connectivity index (χ1n) is 7.53. The van der Waals surface area contributed by atoms with Gasteiger partial charge in [-0.3, -0.25) is 0 Å². The van der Waals surface area contributed by atoms with Gasteiger partial charge >= 0.3 is 6.03 Å². The minimum Gasteiger partial charge on any atom is -0.383 e. The standard InChI is InChI=1S/C18H18N2O2S2/c1-12-4-2-3-5-15(12)20-18(22)19-10-14-6-7-16(24-14)17(21)13-8-9-23-11-13/h2-9,11,17,21H,10H2,1H3,(H2,19,20,22). The van der Waals surface area contributed by atoms with E-state index in [1.807, 2.05) is 60.1 Å². The number of aliphatic hydroxyl groups excluding tert-OH is 1. The number of carbonyl (C=O) groups is 1. The van der Waals surface area contributed by atoms with E-state index in [9.17, 15) is 9.90 Å². The molecule has 0 aliphatic carbocycles. The normalized spacial score (nSPS) is 11.9. The number of aliphatic hydroxyl groups is 1. The van der Waals surface area contributed by atoms with Gasteiger partial charge in [0, 0.05) is 15.4 Å². The molecule has 2 heterocycles. The highest BCUT2D eigenvalue weighted by Crippen LogP contribution is 2.29. The fourth-order valence-corrected chi connectivity index (χ4v) is 3.92. The fourth-order valence-electron chi connectivity index (χ4n) is 2.28. The molecular formula is C18H18N2O2S2. The number of hydrogen-bond acceptors (Lipinski definition) is 4. The average Bonchev–Trinajstić information content (AvgIpc) is 3.26. The maximum Gasteiger partial charge on any atom is 0.319 e. The van der Waals surface area contributed by atoms with Crippen molar-refractivity contribution in [2.45, 2.75) is 19.6 Å². The Balaban J connectivity index is 1.55. The lowest BCUT2D eigenvalue weighted by Gasteiger charge is -2.09. The number of amides is 2. The molecule has 2 aromatic heterocycles. The largest absolute Gasteiger partial charge is 0.383 e. The zero-order chi connectivity index (χ0) is 16.9. The second kappa shape index (κ2) is 7.61. The number of urea groups is 1. The molecule has 3 N–H and O–H groups in total. The maximum atomic E-state index is 12.0. The molecule has 124 valence electrons. The Morgan fingerprint density at radius 1 is 1.21 bits per heavy atom. The summed E-state index contributed by atoms with van der Waals surface area (Å²) in [6.07, 6.45) is -0.601. The number of nitrogens with one attached hydrogen (secondary N) is 2. The minimum absolute atomic E-state index is 0.238. The molecule has 0 saturated heterocycles. The van der Waals surface area contributed by atoms with Crippen LogP contribution in [0.3, 0.4) is 0 Å². The third kappa shape index (κ3) is 4.03. The Hall–Kier alpha value is -2.15. The van der Waals surface area contributed by atoms with Crippen LogP contribution < -0.4 is 10.6 Å². The molecule has 6 heteroatoms. The molecule has 0 saturated carbocycles. The topological polar surface area (TPSA) is 61.4 Å². The summed E-state index contributed by atoms with van der Waals surface area (Å²) in [5, 5.41) is 19.9. The molecule has 4 nitrogen and oxygen atoms in total. The van der Waals surface area contributed by atoms with E-state index in [4.69, 9.17) is 0 Å². The summed E-state index contributed by atoms with van der Waals surface area (Å²) in [4.78, 5) is 13.9. The van der Waals surface area contributed by atoms with Crippen LogP contribution in [0.2, 0.25) is 0 Å². The molecule has 1 unspecified atom stereocenters. The molecule has 0 aliphatic heterocycles. The van der Waals surface area contributed by atoms with Gasteiger partial charge in [-0.1, -0.05) is 18.2 Å². The zero-order valence-corrected chi connectivity index (χ0v) is 14.8. The van der Waals surface area contributed by atoms with Gasteiger partial charge in [0.2, 0.25) is 0 Å². The van der Waals surface area contributed by atoms with Crippen molar-refractivity contribution in [1.82, 2.24) is 5.32 Å². The summed E-state index contributed by atoms with van der Waals surface area (Å²) in [7, 11) is 0. The van der Waals surface area contributed by atoms with Gasteiger partial charge in [-0.05, 0) is 53.1 Å². The minimum atomic E-state index is -0.601. The summed E-state index contributed by atoms with van der Waals surface area (Å²) in [5.41, 5.74) is 2.72. The van der Waals surface area contributed by atoms with Crippen molar-refractivity contribution in [3.63, 3.8) is 0 Å². The number of thiophene rings is 2. The van der Waals surface area contributed by atoms with Crippen LogP contribution in [0.4, 0.5) is 10.5 Å². The number of benzene rings is 1. The molecule has 0 bridgehead atoms. The Kier molecular flexibility index (Phi) is 5.30. The summed E-state index contributed by atoms with van der Waals surface area (Å²) >= 11 is 3.07. The highest BCUT2D eigenvalue weighted by molar-refractivity contribution is 7.12. The van der Waals surface area contributed by atoms with Crippen molar-refractivity contribution in [2.75, 3.05) is 5.32 Å². The third-order valence-electron chi connectivity index (χ3n) is 3.63. The SMILES string of the molecule is Cc1ccccc1NC(=O)NCc1ccc(C(O)c2ccsc2)s1. The van der Waals surface area contributed by atoms with Crippen molar-refractivity contribution in [3.8, 4) is 0 Å². The van der Waals surface area contributed by atoms with E-state index in [-0.39, 0.29) is 6.03 Å². The maximum absolute atomic E-state index is 12.0. The molecule has 24 heavy (non-hydrogen) atoms. The first-order chi connectivity index (χ1) is 11.6. The molecule has 2 amide bonds. The van der Waals surface area contributed by atoms with Crippen molar-refractivity contribution >= 4 is 34.4 Å². The number of para-hydroxylation sites is 1. The highest BCUT2D eigenvalue weighted by Gasteiger charge is 2.13. The van der Waals surface area contributed by atoms with Crippen LogP contribution in [0.15, 0.2) is 53.2 Å². The van der Waals surface area contributed by atoms with E-state index in [1.165, 1.54) is 11.3 Å². The van der Waals surface area contributed by atoms with Crippen LogP contribution in [-0.2, 0) is 6.54 Å². The number of rotatable bonds is 5. The third-order valence-corrected chi connectivity index (χ3v) is 5.47. The van der Waals surface area contributed by atoms with E-state index in [0.717, 1.165) is 26.6 Å². The fraction of sp³-hybridized carbons (Fsp3) is 0.167. The van der Waals surface area contributed by atoms with E-state index in [0.29, 0.717) is 6.54 Å². The lowest BCUT2D eigenvalue weighted by molar-refractivity contribution is 0.224. The average molecular weight is 358 g/mol. The zero-order valence-electron chi connectivity index (χ0n) is 13.2. The van der Waals surface area contributed by atoms with E-state index in [2.05, 4.69) is 10.6 Å².